The Balaban J connectivity index is 1.98. The lowest BCUT2D eigenvalue weighted by Gasteiger charge is -2.31. The lowest BCUT2D eigenvalue weighted by molar-refractivity contribution is 0.180. The molecule has 3 rings (SSSR count). The Morgan fingerprint density at radius 1 is 0.815 bits per heavy atom. The SMILES string of the molecule is CC(C)[C@H]1[C@@H](c2ccccc2)[C@H](c2ccccc2)[C@@H](CCCCCO)N1C. The molecule has 1 N–H and O–H groups in total. The van der Waals surface area contributed by atoms with Crippen LogP contribution in [-0.2, 0) is 0 Å². The van der Waals surface area contributed by atoms with Gasteiger partial charge < -0.3 is 5.11 Å². The minimum atomic E-state index is 0.309. The minimum Gasteiger partial charge on any atom is -0.396 e. The topological polar surface area (TPSA) is 23.5 Å². The number of likely N-dealkylation sites (N-methyl/N-ethyl adjacent to an activating group) is 1. The first-order valence-corrected chi connectivity index (χ1v) is 10.6. The number of unbranched alkanes of at least 4 members (excludes halogenated alkanes) is 2. The van der Waals surface area contributed by atoms with Crippen LogP contribution in [0.5, 0.6) is 0 Å². The quantitative estimate of drug-likeness (QED) is 0.629. The molecule has 0 unspecified atom stereocenters. The summed E-state index contributed by atoms with van der Waals surface area (Å²) < 4.78 is 0. The third-order valence-electron chi connectivity index (χ3n) is 6.37. The van der Waals surface area contributed by atoms with Crippen LogP contribution in [0.25, 0.3) is 0 Å². The van der Waals surface area contributed by atoms with Crippen molar-refractivity contribution < 1.29 is 5.11 Å². The molecule has 0 aliphatic carbocycles. The number of hydrogen-bond acceptors (Lipinski definition) is 2. The van der Waals surface area contributed by atoms with Crippen LogP contribution in [-0.4, -0.2) is 35.7 Å². The monoisotopic (exact) mass is 365 g/mol. The second kappa shape index (κ2) is 9.52. The van der Waals surface area contributed by atoms with Gasteiger partial charge in [0.2, 0.25) is 0 Å². The molecule has 0 bridgehead atoms. The Kier molecular flexibility index (Phi) is 7.09. The van der Waals surface area contributed by atoms with Gasteiger partial charge in [-0.1, -0.05) is 87.4 Å². The van der Waals surface area contributed by atoms with Crippen molar-refractivity contribution in [2.75, 3.05) is 13.7 Å². The van der Waals surface area contributed by atoms with E-state index in [4.69, 9.17) is 5.11 Å². The van der Waals surface area contributed by atoms with Gasteiger partial charge in [-0.3, -0.25) is 4.90 Å². The van der Waals surface area contributed by atoms with Crippen molar-refractivity contribution in [3.8, 4) is 0 Å². The molecule has 2 nitrogen and oxygen atoms in total. The van der Waals surface area contributed by atoms with Crippen molar-refractivity contribution in [3.63, 3.8) is 0 Å². The Morgan fingerprint density at radius 2 is 1.37 bits per heavy atom. The molecule has 1 heterocycles. The Labute approximate surface area is 165 Å². The summed E-state index contributed by atoms with van der Waals surface area (Å²) in [5, 5.41) is 9.14. The molecule has 0 saturated carbocycles. The average molecular weight is 366 g/mol. The molecule has 1 aliphatic rings. The van der Waals surface area contributed by atoms with Crippen LogP contribution in [0.1, 0.15) is 62.5 Å². The summed E-state index contributed by atoms with van der Waals surface area (Å²) in [6.45, 7) is 5.05. The predicted octanol–water partition coefficient (Wildman–Crippen LogP) is 5.45. The summed E-state index contributed by atoms with van der Waals surface area (Å²) in [6, 6.07) is 23.3. The fraction of sp³-hybridized carbons (Fsp3) is 0.520. The van der Waals surface area contributed by atoms with Gasteiger partial charge in [-0.2, -0.15) is 0 Å². The van der Waals surface area contributed by atoms with E-state index in [1.807, 2.05) is 0 Å². The number of benzene rings is 2. The van der Waals surface area contributed by atoms with E-state index >= 15 is 0 Å². The van der Waals surface area contributed by atoms with Crippen LogP contribution < -0.4 is 0 Å². The van der Waals surface area contributed by atoms with E-state index in [0.717, 1.165) is 12.8 Å². The van der Waals surface area contributed by atoms with Crippen LogP contribution in [0, 0.1) is 5.92 Å². The number of nitrogens with zero attached hydrogens (tertiary/aromatic N) is 1. The summed E-state index contributed by atoms with van der Waals surface area (Å²) in [5.41, 5.74) is 2.93. The molecule has 1 aliphatic heterocycles. The van der Waals surface area contributed by atoms with E-state index < -0.39 is 0 Å². The van der Waals surface area contributed by atoms with Gasteiger partial charge in [0.1, 0.15) is 0 Å². The number of rotatable bonds is 8. The molecule has 0 radical (unpaired) electrons. The molecule has 0 aromatic heterocycles. The average Bonchev–Trinajstić information content (AvgIpc) is 2.99. The van der Waals surface area contributed by atoms with Crippen molar-refractivity contribution in [1.29, 1.82) is 0 Å². The summed E-state index contributed by atoms with van der Waals surface area (Å²) in [7, 11) is 2.33. The molecular formula is C25H35NO. The van der Waals surface area contributed by atoms with Crippen LogP contribution in [0.2, 0.25) is 0 Å². The van der Waals surface area contributed by atoms with Gasteiger partial charge in [0.15, 0.2) is 0 Å². The number of aliphatic hydroxyl groups is 1. The molecule has 1 saturated heterocycles. The fourth-order valence-corrected chi connectivity index (χ4v) is 5.27. The van der Waals surface area contributed by atoms with Gasteiger partial charge in [0.05, 0.1) is 0 Å². The maximum absolute atomic E-state index is 9.14. The highest BCUT2D eigenvalue weighted by atomic mass is 16.2. The van der Waals surface area contributed by atoms with E-state index in [1.54, 1.807) is 0 Å². The molecule has 2 heteroatoms. The van der Waals surface area contributed by atoms with E-state index in [2.05, 4.69) is 86.5 Å². The van der Waals surface area contributed by atoms with Gasteiger partial charge in [0.25, 0.3) is 0 Å². The summed E-state index contributed by atoms with van der Waals surface area (Å²) in [6.07, 6.45) is 4.42. The number of likely N-dealkylation sites (tertiary alicyclic amines) is 1. The van der Waals surface area contributed by atoms with Crippen molar-refractivity contribution in [2.24, 2.45) is 5.92 Å². The first-order valence-electron chi connectivity index (χ1n) is 10.6. The van der Waals surface area contributed by atoms with Gasteiger partial charge in [-0.05, 0) is 36.9 Å². The zero-order chi connectivity index (χ0) is 19.2. The van der Waals surface area contributed by atoms with Crippen molar-refractivity contribution in [3.05, 3.63) is 71.8 Å². The molecule has 0 amide bonds. The normalized spacial score (nSPS) is 26.0. The van der Waals surface area contributed by atoms with Gasteiger partial charge in [-0.15, -0.1) is 0 Å². The zero-order valence-corrected chi connectivity index (χ0v) is 17.1. The maximum atomic E-state index is 9.14. The molecule has 2 aromatic rings. The third-order valence-corrected chi connectivity index (χ3v) is 6.37. The Hall–Kier alpha value is -1.64. The maximum Gasteiger partial charge on any atom is 0.0431 e. The van der Waals surface area contributed by atoms with E-state index in [1.165, 1.54) is 24.0 Å². The molecular weight excluding hydrogens is 330 g/mol. The lowest BCUT2D eigenvalue weighted by atomic mass is 9.74. The van der Waals surface area contributed by atoms with E-state index in [0.29, 0.717) is 36.4 Å². The first-order chi connectivity index (χ1) is 13.1. The molecule has 146 valence electrons. The van der Waals surface area contributed by atoms with Crippen LogP contribution >= 0.6 is 0 Å². The summed E-state index contributed by atoms with van der Waals surface area (Å²) in [4.78, 5) is 2.67. The Bertz CT molecular complexity index is 669. The number of hydrogen-bond donors (Lipinski definition) is 1. The second-order valence-electron chi connectivity index (χ2n) is 8.41. The highest BCUT2D eigenvalue weighted by Crippen LogP contribution is 2.50. The highest BCUT2D eigenvalue weighted by Gasteiger charge is 2.48. The van der Waals surface area contributed by atoms with Crippen molar-refractivity contribution in [1.82, 2.24) is 4.90 Å². The fourth-order valence-electron chi connectivity index (χ4n) is 5.27. The van der Waals surface area contributed by atoms with Crippen LogP contribution in [0.15, 0.2) is 60.7 Å². The molecule has 4 atom stereocenters. The highest BCUT2D eigenvalue weighted by molar-refractivity contribution is 5.35. The largest absolute Gasteiger partial charge is 0.396 e. The molecule has 1 fully saturated rings. The Morgan fingerprint density at radius 3 is 1.89 bits per heavy atom. The van der Waals surface area contributed by atoms with Crippen LogP contribution in [0.3, 0.4) is 0 Å². The summed E-state index contributed by atoms with van der Waals surface area (Å²) >= 11 is 0. The van der Waals surface area contributed by atoms with Gasteiger partial charge in [0, 0.05) is 30.5 Å². The lowest BCUT2D eigenvalue weighted by Crippen LogP contribution is -2.37. The zero-order valence-electron chi connectivity index (χ0n) is 17.1. The van der Waals surface area contributed by atoms with E-state index in [9.17, 15) is 0 Å². The van der Waals surface area contributed by atoms with Crippen molar-refractivity contribution >= 4 is 0 Å². The predicted molar refractivity (Wildman–Crippen MR) is 114 cm³/mol. The third kappa shape index (κ3) is 4.44. The molecule has 27 heavy (non-hydrogen) atoms. The van der Waals surface area contributed by atoms with Crippen molar-refractivity contribution in [2.45, 2.75) is 63.5 Å². The molecule has 0 spiro atoms. The standard InChI is InChI=1S/C25H35NO/c1-19(2)25-24(21-15-9-5-10-16-21)23(20-13-7-4-8-14-20)22(26(25)3)17-11-6-12-18-27/h4-5,7-10,13-16,19,22-25,27H,6,11-12,17-18H2,1-3H3/t22-,23-,24+,25+/m1/s1. The van der Waals surface area contributed by atoms with E-state index in [-0.39, 0.29) is 0 Å². The number of aliphatic hydroxyl groups excluding tert-OH is 1. The molecule has 2 aromatic carbocycles. The van der Waals surface area contributed by atoms with Gasteiger partial charge in [-0.25, -0.2) is 0 Å². The van der Waals surface area contributed by atoms with Gasteiger partial charge >= 0.3 is 0 Å². The summed E-state index contributed by atoms with van der Waals surface area (Å²) in [5.74, 6) is 1.63. The minimum absolute atomic E-state index is 0.309. The smallest absolute Gasteiger partial charge is 0.0431 e. The van der Waals surface area contributed by atoms with Crippen LogP contribution in [0.4, 0.5) is 0 Å². The first kappa shape index (κ1) is 20.1. The second-order valence-corrected chi connectivity index (χ2v) is 8.41.